The first-order valence-corrected chi connectivity index (χ1v) is 2.75. The van der Waals surface area contributed by atoms with Crippen molar-refractivity contribution >= 4 is 5.71 Å². The van der Waals surface area contributed by atoms with Gasteiger partial charge in [-0.15, -0.1) is 0 Å². The fraction of sp³-hybridized carbons (Fsp3) is 0.500. The fourth-order valence-electron chi connectivity index (χ4n) is 0.716. The highest BCUT2D eigenvalue weighted by atomic mass is 19.1. The second-order valence-electron chi connectivity index (χ2n) is 2.03. The number of allylic oxidation sites excluding steroid dienone is 2. The highest BCUT2D eigenvalue weighted by Crippen LogP contribution is 2.14. The SMILES string of the molecule is N=C1C=CC(F)CC1F. The third-order valence-electron chi connectivity index (χ3n) is 1.25. The summed E-state index contributed by atoms with van der Waals surface area (Å²) >= 11 is 0. The largest absolute Gasteiger partial charge is 0.302 e. The average molecular weight is 131 g/mol. The lowest BCUT2D eigenvalue weighted by Gasteiger charge is -2.12. The van der Waals surface area contributed by atoms with Gasteiger partial charge in [-0.05, 0) is 12.2 Å². The standard InChI is InChI=1S/C6H7F2N/c7-4-1-2-6(9)5(8)3-4/h1-2,4-5,9H,3H2. The second kappa shape index (κ2) is 2.25. The molecular formula is C6H7F2N. The van der Waals surface area contributed by atoms with Crippen LogP contribution in [0.25, 0.3) is 0 Å². The second-order valence-corrected chi connectivity index (χ2v) is 2.03. The Morgan fingerprint density at radius 3 is 2.67 bits per heavy atom. The quantitative estimate of drug-likeness (QED) is 0.516. The lowest BCUT2D eigenvalue weighted by molar-refractivity contribution is 0.294. The maximum Gasteiger partial charge on any atom is 0.144 e. The van der Waals surface area contributed by atoms with E-state index in [0.29, 0.717) is 0 Å². The highest BCUT2D eigenvalue weighted by molar-refractivity contribution is 5.96. The smallest absolute Gasteiger partial charge is 0.144 e. The molecule has 0 aliphatic heterocycles. The van der Waals surface area contributed by atoms with E-state index in [1.54, 1.807) is 0 Å². The Balaban J connectivity index is 2.65. The summed E-state index contributed by atoms with van der Waals surface area (Å²) in [5.41, 5.74) is -0.121. The monoisotopic (exact) mass is 131 g/mol. The van der Waals surface area contributed by atoms with Gasteiger partial charge in [-0.1, -0.05) is 0 Å². The molecule has 0 radical (unpaired) electrons. The predicted octanol–water partition coefficient (Wildman–Crippen LogP) is 1.64. The first-order valence-electron chi connectivity index (χ1n) is 2.75. The van der Waals surface area contributed by atoms with Gasteiger partial charge in [0, 0.05) is 6.42 Å². The third kappa shape index (κ3) is 1.34. The number of hydrogen-bond acceptors (Lipinski definition) is 1. The maximum atomic E-state index is 12.3. The predicted molar refractivity (Wildman–Crippen MR) is 31.3 cm³/mol. The van der Waals surface area contributed by atoms with E-state index in [1.807, 2.05) is 0 Å². The molecule has 2 unspecified atom stereocenters. The molecule has 0 aromatic carbocycles. The van der Waals surface area contributed by atoms with Crippen LogP contribution in [0.3, 0.4) is 0 Å². The molecule has 0 fully saturated rings. The first kappa shape index (κ1) is 6.39. The molecular weight excluding hydrogens is 124 g/mol. The molecule has 1 N–H and O–H groups in total. The molecule has 0 heterocycles. The van der Waals surface area contributed by atoms with E-state index in [0.717, 1.165) is 0 Å². The summed E-state index contributed by atoms with van der Waals surface area (Å²) < 4.78 is 24.5. The van der Waals surface area contributed by atoms with Gasteiger partial charge < -0.3 is 5.41 Å². The Morgan fingerprint density at radius 1 is 1.56 bits per heavy atom. The Bertz CT molecular complexity index is 153. The van der Waals surface area contributed by atoms with Crippen molar-refractivity contribution in [2.75, 3.05) is 0 Å². The van der Waals surface area contributed by atoms with Crippen LogP contribution in [0.2, 0.25) is 0 Å². The van der Waals surface area contributed by atoms with Crippen molar-refractivity contribution in [3.63, 3.8) is 0 Å². The Morgan fingerprint density at radius 2 is 2.22 bits per heavy atom. The van der Waals surface area contributed by atoms with E-state index in [-0.39, 0.29) is 12.1 Å². The highest BCUT2D eigenvalue weighted by Gasteiger charge is 2.20. The van der Waals surface area contributed by atoms with Crippen LogP contribution in [-0.2, 0) is 0 Å². The Hall–Kier alpha value is -0.730. The van der Waals surface area contributed by atoms with Crippen molar-refractivity contribution in [3.05, 3.63) is 12.2 Å². The summed E-state index contributed by atoms with van der Waals surface area (Å²) in [6.45, 7) is 0. The van der Waals surface area contributed by atoms with E-state index < -0.39 is 12.3 Å². The maximum absolute atomic E-state index is 12.3. The lowest BCUT2D eigenvalue weighted by Crippen LogP contribution is -2.21. The van der Waals surface area contributed by atoms with E-state index in [1.165, 1.54) is 12.2 Å². The summed E-state index contributed by atoms with van der Waals surface area (Å²) in [7, 11) is 0. The molecule has 1 aliphatic carbocycles. The van der Waals surface area contributed by atoms with Crippen molar-refractivity contribution in [2.24, 2.45) is 0 Å². The van der Waals surface area contributed by atoms with Crippen LogP contribution < -0.4 is 0 Å². The summed E-state index contributed by atoms with van der Waals surface area (Å²) in [6, 6.07) is 0. The molecule has 0 bridgehead atoms. The molecule has 1 rings (SSSR count). The minimum Gasteiger partial charge on any atom is -0.302 e. The number of hydrogen-bond donors (Lipinski definition) is 1. The van der Waals surface area contributed by atoms with Gasteiger partial charge in [-0.2, -0.15) is 0 Å². The normalized spacial score (nSPS) is 35.1. The molecule has 0 aromatic rings. The van der Waals surface area contributed by atoms with Gasteiger partial charge in [0.2, 0.25) is 0 Å². The van der Waals surface area contributed by atoms with E-state index >= 15 is 0 Å². The molecule has 1 nitrogen and oxygen atoms in total. The van der Waals surface area contributed by atoms with E-state index in [4.69, 9.17) is 5.41 Å². The van der Waals surface area contributed by atoms with Gasteiger partial charge in [0.15, 0.2) is 0 Å². The molecule has 3 heteroatoms. The number of alkyl halides is 2. The fourth-order valence-corrected chi connectivity index (χ4v) is 0.716. The van der Waals surface area contributed by atoms with Crippen molar-refractivity contribution in [2.45, 2.75) is 18.8 Å². The zero-order valence-corrected chi connectivity index (χ0v) is 4.77. The van der Waals surface area contributed by atoms with Gasteiger partial charge in [0.05, 0.1) is 5.71 Å². The minimum absolute atomic E-state index is 0.121. The Labute approximate surface area is 51.9 Å². The van der Waals surface area contributed by atoms with Crippen LogP contribution >= 0.6 is 0 Å². The van der Waals surface area contributed by atoms with Gasteiger partial charge in [0.25, 0.3) is 0 Å². The summed E-state index contributed by atoms with van der Waals surface area (Å²) in [5, 5.41) is 6.86. The topological polar surface area (TPSA) is 23.9 Å². The molecule has 2 atom stereocenters. The molecule has 9 heavy (non-hydrogen) atoms. The number of nitrogens with one attached hydrogen (secondary N) is 1. The van der Waals surface area contributed by atoms with Crippen LogP contribution in [0.5, 0.6) is 0 Å². The first-order chi connectivity index (χ1) is 4.20. The lowest BCUT2D eigenvalue weighted by atomic mass is 10.0. The van der Waals surface area contributed by atoms with Crippen molar-refractivity contribution in [1.82, 2.24) is 0 Å². The van der Waals surface area contributed by atoms with Crippen LogP contribution in [0, 0.1) is 5.41 Å². The van der Waals surface area contributed by atoms with E-state index in [9.17, 15) is 8.78 Å². The summed E-state index contributed by atoms with van der Waals surface area (Å²) in [6.07, 6.45) is -0.397. The summed E-state index contributed by atoms with van der Waals surface area (Å²) in [5.74, 6) is 0. The van der Waals surface area contributed by atoms with Crippen molar-refractivity contribution in [3.8, 4) is 0 Å². The van der Waals surface area contributed by atoms with Crippen LogP contribution in [0.1, 0.15) is 6.42 Å². The van der Waals surface area contributed by atoms with Gasteiger partial charge in [-0.3, -0.25) is 0 Å². The van der Waals surface area contributed by atoms with Crippen molar-refractivity contribution < 1.29 is 8.78 Å². The molecule has 0 amide bonds. The van der Waals surface area contributed by atoms with Gasteiger partial charge in [-0.25, -0.2) is 8.78 Å². The van der Waals surface area contributed by atoms with Crippen LogP contribution in [-0.4, -0.2) is 18.1 Å². The van der Waals surface area contributed by atoms with Crippen LogP contribution in [0.4, 0.5) is 8.78 Å². The summed E-state index contributed by atoms with van der Waals surface area (Å²) in [4.78, 5) is 0. The van der Waals surface area contributed by atoms with Crippen LogP contribution in [0.15, 0.2) is 12.2 Å². The zero-order chi connectivity index (χ0) is 6.85. The van der Waals surface area contributed by atoms with Crippen molar-refractivity contribution in [1.29, 1.82) is 5.41 Å². The molecule has 0 aromatic heterocycles. The molecule has 1 aliphatic rings. The molecule has 0 saturated heterocycles. The molecule has 0 saturated carbocycles. The molecule has 0 spiro atoms. The minimum atomic E-state index is -1.40. The zero-order valence-electron chi connectivity index (χ0n) is 4.77. The van der Waals surface area contributed by atoms with Gasteiger partial charge in [0.1, 0.15) is 12.3 Å². The number of rotatable bonds is 0. The van der Waals surface area contributed by atoms with Gasteiger partial charge >= 0.3 is 0 Å². The third-order valence-corrected chi connectivity index (χ3v) is 1.25. The van der Waals surface area contributed by atoms with E-state index in [2.05, 4.69) is 0 Å². The number of halogens is 2. The Kier molecular flexibility index (Phi) is 1.60. The molecule has 50 valence electrons. The average Bonchev–Trinajstić information content (AvgIpc) is 1.80.